The first-order valence-electron chi connectivity index (χ1n) is 5.56. The average Bonchev–Trinajstić information content (AvgIpc) is 2.36. The van der Waals surface area contributed by atoms with Crippen molar-refractivity contribution in [1.29, 1.82) is 0 Å². The summed E-state index contributed by atoms with van der Waals surface area (Å²) in [5.74, 6) is 1.64. The quantitative estimate of drug-likeness (QED) is 0.671. The topological polar surface area (TPSA) is 18.5 Å². The number of rotatable bonds is 0. The van der Waals surface area contributed by atoms with Crippen LogP contribution in [0.5, 0.6) is 0 Å². The molecule has 84 valence electrons. The fourth-order valence-corrected chi connectivity index (χ4v) is 1.82. The molecule has 3 rings (SSSR count). The lowest BCUT2D eigenvalue weighted by molar-refractivity contribution is 0.232. The van der Waals surface area contributed by atoms with Gasteiger partial charge in [0.2, 0.25) is 0 Å². The summed E-state index contributed by atoms with van der Waals surface area (Å²) < 4.78 is 11.2. The van der Waals surface area contributed by atoms with Crippen LogP contribution in [0.3, 0.4) is 0 Å². The highest BCUT2D eigenvalue weighted by Gasteiger charge is 2.07. The Morgan fingerprint density at radius 3 is 2.94 bits per heavy atom. The third kappa shape index (κ3) is 2.16. The number of ether oxygens (including phenoxy) is 2. The summed E-state index contributed by atoms with van der Waals surface area (Å²) in [5, 5.41) is 0. The van der Waals surface area contributed by atoms with E-state index >= 15 is 0 Å². The lowest BCUT2D eigenvalue weighted by Gasteiger charge is -2.14. The molecule has 0 amide bonds. The van der Waals surface area contributed by atoms with Crippen molar-refractivity contribution >= 4 is 6.08 Å². The minimum absolute atomic E-state index is 0.577. The van der Waals surface area contributed by atoms with E-state index in [0.29, 0.717) is 6.61 Å². The summed E-state index contributed by atoms with van der Waals surface area (Å²) in [7, 11) is 0. The lowest BCUT2D eigenvalue weighted by atomic mass is 10.1. The smallest absolute Gasteiger partial charge is 0.130 e. The maximum Gasteiger partial charge on any atom is 0.130 e. The van der Waals surface area contributed by atoms with Crippen LogP contribution in [0.2, 0.25) is 0 Å². The highest BCUT2D eigenvalue weighted by molar-refractivity contribution is 5.58. The van der Waals surface area contributed by atoms with Crippen LogP contribution in [0.1, 0.15) is 11.1 Å². The molecular weight excluding hydrogens is 212 g/mol. The fourth-order valence-electron chi connectivity index (χ4n) is 1.82. The summed E-state index contributed by atoms with van der Waals surface area (Å²) in [6.45, 7) is 0.577. The Morgan fingerprint density at radius 2 is 1.94 bits per heavy atom. The third-order valence-corrected chi connectivity index (χ3v) is 2.68. The fraction of sp³-hybridized carbons (Fsp3) is 0.0667. The molecule has 0 saturated carbocycles. The first-order chi connectivity index (χ1) is 8.42. The lowest BCUT2D eigenvalue weighted by Crippen LogP contribution is -1.97. The Bertz CT molecular complexity index is 548. The van der Waals surface area contributed by atoms with E-state index in [1.54, 1.807) is 6.26 Å². The Labute approximate surface area is 100 Å². The molecule has 0 aliphatic carbocycles. The molecule has 0 N–H and O–H groups in total. The van der Waals surface area contributed by atoms with Crippen LogP contribution in [0.15, 0.2) is 66.3 Å². The zero-order valence-corrected chi connectivity index (χ0v) is 9.30. The Morgan fingerprint density at radius 1 is 1.00 bits per heavy atom. The van der Waals surface area contributed by atoms with Crippen molar-refractivity contribution in [1.82, 2.24) is 0 Å². The van der Waals surface area contributed by atoms with E-state index in [0.717, 1.165) is 22.6 Å². The molecule has 0 radical (unpaired) electrons. The molecule has 1 aromatic carbocycles. The molecule has 2 aliphatic heterocycles. The highest BCUT2D eigenvalue weighted by Crippen LogP contribution is 2.22. The molecule has 2 heteroatoms. The Balaban J connectivity index is 2.08. The van der Waals surface area contributed by atoms with E-state index in [1.165, 1.54) is 0 Å². The molecule has 1 aromatic rings. The third-order valence-electron chi connectivity index (χ3n) is 2.68. The van der Waals surface area contributed by atoms with Gasteiger partial charge < -0.3 is 9.47 Å². The number of allylic oxidation sites excluding steroid dienone is 4. The summed E-state index contributed by atoms with van der Waals surface area (Å²) in [6.07, 6.45) is 11.4. The van der Waals surface area contributed by atoms with Crippen LogP contribution in [-0.2, 0) is 16.1 Å². The Hall–Kier alpha value is -2.22. The zero-order chi connectivity index (χ0) is 11.5. The number of fused-ring (bicyclic) bond motifs is 3. The first-order valence-corrected chi connectivity index (χ1v) is 5.56. The minimum Gasteiger partial charge on any atom is -0.496 e. The van der Waals surface area contributed by atoms with Gasteiger partial charge >= 0.3 is 0 Å². The van der Waals surface area contributed by atoms with Crippen molar-refractivity contribution in [2.24, 2.45) is 0 Å². The van der Waals surface area contributed by atoms with E-state index in [9.17, 15) is 0 Å². The van der Waals surface area contributed by atoms with Crippen molar-refractivity contribution < 1.29 is 9.47 Å². The number of hydrogen-bond acceptors (Lipinski definition) is 2. The second kappa shape index (κ2) is 4.34. The van der Waals surface area contributed by atoms with Gasteiger partial charge in [0.1, 0.15) is 18.1 Å². The van der Waals surface area contributed by atoms with Gasteiger partial charge in [-0.25, -0.2) is 0 Å². The molecule has 0 saturated heterocycles. The second-order valence-corrected chi connectivity index (χ2v) is 3.89. The molecule has 0 spiro atoms. The van der Waals surface area contributed by atoms with E-state index in [4.69, 9.17) is 9.47 Å². The van der Waals surface area contributed by atoms with Gasteiger partial charge in [-0.1, -0.05) is 30.3 Å². The summed E-state index contributed by atoms with van der Waals surface area (Å²) in [4.78, 5) is 0. The maximum absolute atomic E-state index is 5.69. The molecule has 0 aromatic heterocycles. The summed E-state index contributed by atoms with van der Waals surface area (Å²) in [5.41, 5.74) is 2.28. The minimum atomic E-state index is 0.577. The van der Waals surface area contributed by atoms with Gasteiger partial charge in [-0.15, -0.1) is 0 Å². The predicted octanol–water partition coefficient (Wildman–Crippen LogP) is 3.54. The SMILES string of the molecule is C1=C/C2=C\c3ccccc3CO/C=C\C(=C1)O2. The monoisotopic (exact) mass is 224 g/mol. The molecule has 17 heavy (non-hydrogen) atoms. The molecule has 0 unspecified atom stereocenters. The van der Waals surface area contributed by atoms with Gasteiger partial charge in [-0.3, -0.25) is 0 Å². The van der Waals surface area contributed by atoms with Crippen LogP contribution in [-0.4, -0.2) is 0 Å². The second-order valence-electron chi connectivity index (χ2n) is 3.89. The van der Waals surface area contributed by atoms with Crippen molar-refractivity contribution in [2.75, 3.05) is 0 Å². The molecular formula is C15H12O2. The average molecular weight is 224 g/mol. The molecule has 2 nitrogen and oxygen atoms in total. The van der Waals surface area contributed by atoms with Crippen LogP contribution < -0.4 is 0 Å². The molecule has 2 heterocycles. The van der Waals surface area contributed by atoms with Crippen LogP contribution in [0.4, 0.5) is 0 Å². The van der Waals surface area contributed by atoms with Crippen molar-refractivity contribution in [3.63, 3.8) is 0 Å². The summed E-state index contributed by atoms with van der Waals surface area (Å²) in [6, 6.07) is 8.15. The van der Waals surface area contributed by atoms with Crippen molar-refractivity contribution in [3.05, 3.63) is 77.5 Å². The largest absolute Gasteiger partial charge is 0.496 e. The van der Waals surface area contributed by atoms with E-state index < -0.39 is 0 Å². The molecule has 0 atom stereocenters. The Kier molecular flexibility index (Phi) is 2.54. The van der Waals surface area contributed by atoms with Crippen molar-refractivity contribution in [2.45, 2.75) is 6.61 Å². The normalized spacial score (nSPS) is 22.1. The van der Waals surface area contributed by atoms with Gasteiger partial charge in [0, 0.05) is 6.08 Å². The van der Waals surface area contributed by atoms with E-state index in [1.807, 2.05) is 42.5 Å². The van der Waals surface area contributed by atoms with Crippen molar-refractivity contribution in [3.8, 4) is 0 Å². The van der Waals surface area contributed by atoms with Gasteiger partial charge in [-0.05, 0) is 29.4 Å². The van der Waals surface area contributed by atoms with Gasteiger partial charge in [0.05, 0.1) is 6.26 Å². The molecule has 2 bridgehead atoms. The predicted molar refractivity (Wildman–Crippen MR) is 66.7 cm³/mol. The van der Waals surface area contributed by atoms with E-state index in [-0.39, 0.29) is 0 Å². The maximum atomic E-state index is 5.69. The summed E-state index contributed by atoms with van der Waals surface area (Å²) >= 11 is 0. The zero-order valence-electron chi connectivity index (χ0n) is 9.30. The van der Waals surface area contributed by atoms with Crippen LogP contribution in [0.25, 0.3) is 6.08 Å². The highest BCUT2D eigenvalue weighted by atomic mass is 16.5. The molecule has 2 aliphatic rings. The van der Waals surface area contributed by atoms with Gasteiger partial charge in [0.25, 0.3) is 0 Å². The van der Waals surface area contributed by atoms with Gasteiger partial charge in [0.15, 0.2) is 0 Å². The van der Waals surface area contributed by atoms with Crippen LogP contribution in [0, 0.1) is 0 Å². The standard InChI is InChI=1S/C15H12O2/c1-2-5-13-11-16-9-8-14-6-3-7-15(17-14)10-12(13)4-1/h1-10H,11H2/b9-8-,15-10+. The van der Waals surface area contributed by atoms with Gasteiger partial charge in [-0.2, -0.15) is 0 Å². The molecule has 0 fully saturated rings. The first kappa shape index (κ1) is 9.97. The van der Waals surface area contributed by atoms with Crippen LogP contribution >= 0.6 is 0 Å². The number of benzene rings is 1. The van der Waals surface area contributed by atoms with E-state index in [2.05, 4.69) is 12.1 Å². The number of hydrogen-bond donors (Lipinski definition) is 0.